The number of nitrogens with zero attached hydrogens (tertiary/aromatic N) is 1. The molecule has 106 valence electrons. The normalized spacial score (nSPS) is 12.5. The highest BCUT2D eigenvalue weighted by molar-refractivity contribution is 7.90. The van der Waals surface area contributed by atoms with Crippen molar-refractivity contribution in [2.45, 2.75) is 13.3 Å². The second-order valence-corrected chi connectivity index (χ2v) is 6.42. The molecule has 0 spiro atoms. The molecule has 0 heterocycles. The molecule has 5 nitrogen and oxygen atoms in total. The Morgan fingerprint density at radius 1 is 1.47 bits per heavy atom. The van der Waals surface area contributed by atoms with Gasteiger partial charge in [-0.2, -0.15) is 0 Å². The number of hydrogen-bond donors (Lipinski definition) is 1. The zero-order valence-corrected chi connectivity index (χ0v) is 11.6. The number of rotatable bonds is 6. The van der Waals surface area contributed by atoms with E-state index in [0.29, 0.717) is 17.7 Å². The van der Waals surface area contributed by atoms with Crippen LogP contribution in [0.15, 0.2) is 23.4 Å². The van der Waals surface area contributed by atoms with Gasteiger partial charge in [-0.1, -0.05) is 5.16 Å². The van der Waals surface area contributed by atoms with Crippen molar-refractivity contribution in [1.29, 1.82) is 0 Å². The van der Waals surface area contributed by atoms with Crippen molar-refractivity contribution in [3.05, 3.63) is 29.6 Å². The van der Waals surface area contributed by atoms with Crippen molar-refractivity contribution in [1.82, 2.24) is 0 Å². The molecule has 19 heavy (non-hydrogen) atoms. The van der Waals surface area contributed by atoms with Gasteiger partial charge in [-0.05, 0) is 31.5 Å². The Kier molecular flexibility index (Phi) is 5.29. The van der Waals surface area contributed by atoms with Gasteiger partial charge in [0.25, 0.3) is 0 Å². The van der Waals surface area contributed by atoms with Crippen LogP contribution in [0.4, 0.5) is 4.39 Å². The summed E-state index contributed by atoms with van der Waals surface area (Å²) in [5, 5.41) is 11.7. The van der Waals surface area contributed by atoms with Gasteiger partial charge >= 0.3 is 0 Å². The van der Waals surface area contributed by atoms with Crippen LogP contribution in [0.3, 0.4) is 0 Å². The Morgan fingerprint density at radius 2 is 2.16 bits per heavy atom. The lowest BCUT2D eigenvalue weighted by Crippen LogP contribution is -2.09. The van der Waals surface area contributed by atoms with E-state index in [-0.39, 0.29) is 18.1 Å². The van der Waals surface area contributed by atoms with Crippen molar-refractivity contribution in [3.8, 4) is 5.75 Å². The molecule has 0 aromatic heterocycles. The van der Waals surface area contributed by atoms with E-state index in [1.165, 1.54) is 25.1 Å². The third-order valence-electron chi connectivity index (χ3n) is 2.40. The molecule has 1 aromatic carbocycles. The Bertz CT molecular complexity index is 569. The summed E-state index contributed by atoms with van der Waals surface area (Å²) in [4.78, 5) is 0. The molecule has 0 bridgehead atoms. The Hall–Kier alpha value is -1.63. The van der Waals surface area contributed by atoms with Crippen LogP contribution in [-0.2, 0) is 9.84 Å². The van der Waals surface area contributed by atoms with Gasteiger partial charge in [0.15, 0.2) is 0 Å². The van der Waals surface area contributed by atoms with E-state index in [2.05, 4.69) is 5.16 Å². The van der Waals surface area contributed by atoms with Gasteiger partial charge < -0.3 is 9.94 Å². The van der Waals surface area contributed by atoms with E-state index in [9.17, 15) is 12.8 Å². The van der Waals surface area contributed by atoms with Crippen LogP contribution in [0.5, 0.6) is 5.75 Å². The summed E-state index contributed by atoms with van der Waals surface area (Å²) in [6.07, 6.45) is 1.49. The van der Waals surface area contributed by atoms with Gasteiger partial charge in [-0.3, -0.25) is 0 Å². The third-order valence-corrected chi connectivity index (χ3v) is 3.43. The molecule has 0 radical (unpaired) electrons. The van der Waals surface area contributed by atoms with Gasteiger partial charge in [0.1, 0.15) is 21.4 Å². The number of ether oxygens (including phenoxy) is 1. The lowest BCUT2D eigenvalue weighted by atomic mass is 10.1. The highest BCUT2D eigenvalue weighted by Gasteiger charge is 2.09. The second kappa shape index (κ2) is 6.51. The van der Waals surface area contributed by atoms with Crippen molar-refractivity contribution in [2.75, 3.05) is 18.6 Å². The topological polar surface area (TPSA) is 76.0 Å². The van der Waals surface area contributed by atoms with Crippen molar-refractivity contribution < 1.29 is 22.8 Å². The zero-order chi connectivity index (χ0) is 14.5. The quantitative estimate of drug-likeness (QED) is 0.375. The average molecular weight is 289 g/mol. The molecule has 0 amide bonds. The smallest absolute Gasteiger partial charge is 0.147 e. The Balaban J connectivity index is 2.73. The van der Waals surface area contributed by atoms with E-state index in [1.54, 1.807) is 0 Å². The van der Waals surface area contributed by atoms with Gasteiger partial charge in [-0.15, -0.1) is 0 Å². The summed E-state index contributed by atoms with van der Waals surface area (Å²) in [5.41, 5.74) is 0.555. The maximum Gasteiger partial charge on any atom is 0.147 e. The first-order valence-electron chi connectivity index (χ1n) is 5.62. The van der Waals surface area contributed by atoms with Crippen LogP contribution >= 0.6 is 0 Å². The van der Waals surface area contributed by atoms with E-state index >= 15 is 0 Å². The fraction of sp³-hybridized carbons (Fsp3) is 0.417. The molecule has 0 aliphatic heterocycles. The van der Waals surface area contributed by atoms with Gasteiger partial charge in [0.05, 0.1) is 18.1 Å². The van der Waals surface area contributed by atoms with Gasteiger partial charge in [0, 0.05) is 11.8 Å². The average Bonchev–Trinajstić information content (AvgIpc) is 2.33. The minimum atomic E-state index is -3.02. The van der Waals surface area contributed by atoms with E-state index in [1.807, 2.05) is 0 Å². The lowest BCUT2D eigenvalue weighted by molar-refractivity contribution is 0.311. The van der Waals surface area contributed by atoms with Crippen LogP contribution < -0.4 is 4.74 Å². The first-order valence-corrected chi connectivity index (χ1v) is 7.68. The summed E-state index contributed by atoms with van der Waals surface area (Å²) < 4.78 is 40.4. The Labute approximate surface area is 111 Å². The minimum absolute atomic E-state index is 0.0244. The van der Waals surface area contributed by atoms with Crippen LogP contribution in [0.25, 0.3) is 0 Å². The summed E-state index contributed by atoms with van der Waals surface area (Å²) in [7, 11) is -3.02. The summed E-state index contributed by atoms with van der Waals surface area (Å²) in [6.45, 7) is 1.70. The zero-order valence-electron chi connectivity index (χ0n) is 10.8. The molecule has 0 aliphatic carbocycles. The maximum atomic E-state index is 13.1. The number of hydrogen-bond acceptors (Lipinski definition) is 5. The number of oxime groups is 1. The molecule has 7 heteroatoms. The van der Waals surface area contributed by atoms with Crippen LogP contribution in [-0.4, -0.2) is 38.0 Å². The standard InChI is InChI=1S/C12H16FNO4S/c1-9(14-15)11-8-10(13)4-5-12(11)18-6-3-7-19(2,16)17/h4-5,8,15H,3,6-7H2,1-2H3. The van der Waals surface area contributed by atoms with Gasteiger partial charge in [-0.25, -0.2) is 12.8 Å². The Morgan fingerprint density at radius 3 is 2.74 bits per heavy atom. The van der Waals surface area contributed by atoms with Crippen LogP contribution in [0.1, 0.15) is 18.9 Å². The fourth-order valence-corrected chi connectivity index (χ4v) is 2.11. The third kappa shape index (κ3) is 5.25. The fourth-order valence-electron chi connectivity index (χ4n) is 1.47. The highest BCUT2D eigenvalue weighted by Crippen LogP contribution is 2.21. The second-order valence-electron chi connectivity index (χ2n) is 4.16. The molecule has 1 aromatic rings. The van der Waals surface area contributed by atoms with Gasteiger partial charge in [0.2, 0.25) is 0 Å². The number of benzene rings is 1. The van der Waals surface area contributed by atoms with E-state index in [4.69, 9.17) is 9.94 Å². The first-order chi connectivity index (χ1) is 8.83. The molecule has 0 fully saturated rings. The molecule has 1 rings (SSSR count). The molecule has 0 unspecified atom stereocenters. The molecular formula is C12H16FNO4S. The molecule has 0 saturated carbocycles. The number of halogens is 1. The summed E-state index contributed by atoms with van der Waals surface area (Å²) >= 11 is 0. The minimum Gasteiger partial charge on any atom is -0.493 e. The predicted molar refractivity (Wildman–Crippen MR) is 70.2 cm³/mol. The SMILES string of the molecule is CC(=NO)c1cc(F)ccc1OCCCS(C)(=O)=O. The van der Waals surface area contributed by atoms with Crippen molar-refractivity contribution in [2.24, 2.45) is 5.16 Å². The lowest BCUT2D eigenvalue weighted by Gasteiger charge is -2.10. The summed E-state index contributed by atoms with van der Waals surface area (Å²) in [6, 6.07) is 3.83. The van der Waals surface area contributed by atoms with Crippen molar-refractivity contribution >= 4 is 15.5 Å². The molecule has 0 atom stereocenters. The monoisotopic (exact) mass is 289 g/mol. The molecule has 1 N–H and O–H groups in total. The molecular weight excluding hydrogens is 273 g/mol. The largest absolute Gasteiger partial charge is 0.493 e. The predicted octanol–water partition coefficient (Wildman–Crippen LogP) is 1.84. The highest BCUT2D eigenvalue weighted by atomic mass is 32.2. The number of sulfone groups is 1. The molecule has 0 aliphatic rings. The van der Waals surface area contributed by atoms with Crippen molar-refractivity contribution in [3.63, 3.8) is 0 Å². The van der Waals surface area contributed by atoms with Crippen LogP contribution in [0, 0.1) is 5.82 Å². The van der Waals surface area contributed by atoms with E-state index in [0.717, 1.165) is 6.26 Å². The van der Waals surface area contributed by atoms with Crippen LogP contribution in [0.2, 0.25) is 0 Å². The van der Waals surface area contributed by atoms with E-state index < -0.39 is 15.7 Å². The maximum absolute atomic E-state index is 13.1. The first kappa shape index (κ1) is 15.4. The summed E-state index contributed by atoms with van der Waals surface area (Å²) in [5.74, 6) is -0.0944. The molecule has 0 saturated heterocycles.